The Balaban J connectivity index is 1.29. The van der Waals surface area contributed by atoms with Crippen LogP contribution in [0, 0.1) is 31.6 Å². The van der Waals surface area contributed by atoms with Crippen LogP contribution in [-0.4, -0.2) is 108 Å². The molecule has 0 aliphatic carbocycles. The van der Waals surface area contributed by atoms with Gasteiger partial charge in [0.25, 0.3) is 11.4 Å². The first-order chi connectivity index (χ1) is 24.6. The first kappa shape index (κ1) is 36.6. The Hall–Kier alpha value is -5.23. The highest BCUT2D eigenvalue weighted by Crippen LogP contribution is 2.60. The zero-order valence-corrected chi connectivity index (χ0v) is 29.4. The monoisotopic (exact) mass is 738 g/mol. The molecule has 0 radical (unpaired) electrons. The quantitative estimate of drug-likeness (QED) is 0.162. The van der Waals surface area contributed by atoms with Crippen molar-refractivity contribution < 1.29 is 44.0 Å². The number of aliphatic hydroxyl groups excluding tert-OH is 1. The van der Waals surface area contributed by atoms with Crippen LogP contribution in [0.3, 0.4) is 0 Å². The van der Waals surface area contributed by atoms with E-state index in [1.807, 2.05) is 13.8 Å². The molecule has 3 N–H and O–H groups in total. The van der Waals surface area contributed by atoms with Crippen LogP contribution < -0.4 is 5.32 Å². The lowest BCUT2D eigenvalue weighted by Crippen LogP contribution is -2.66. The van der Waals surface area contributed by atoms with E-state index in [1.165, 1.54) is 64.9 Å². The van der Waals surface area contributed by atoms with Gasteiger partial charge < -0.3 is 35.0 Å². The average Bonchev–Trinajstić information content (AvgIpc) is 3.70. The van der Waals surface area contributed by atoms with Crippen LogP contribution in [0.15, 0.2) is 59.1 Å². The summed E-state index contributed by atoms with van der Waals surface area (Å²) in [6, 6.07) is 9.86. The van der Waals surface area contributed by atoms with Gasteiger partial charge in [-0.3, -0.25) is 25.0 Å². The first-order valence-corrected chi connectivity index (χ1v) is 17.6. The third-order valence-corrected chi connectivity index (χ3v) is 11.8. The van der Waals surface area contributed by atoms with Crippen LogP contribution in [0.4, 0.5) is 21.0 Å². The third kappa shape index (κ3) is 6.74. The Morgan fingerprint density at radius 2 is 1.63 bits per heavy atom. The van der Waals surface area contributed by atoms with Gasteiger partial charge in [0.15, 0.2) is 0 Å². The van der Waals surface area contributed by atoms with Gasteiger partial charge >= 0.3 is 18.1 Å². The van der Waals surface area contributed by atoms with Crippen molar-refractivity contribution in [2.75, 3.05) is 19.6 Å². The second-order valence-corrected chi connectivity index (χ2v) is 15.2. The Morgan fingerprint density at radius 1 is 1.04 bits per heavy atom. The predicted molar refractivity (Wildman–Crippen MR) is 185 cm³/mol. The number of nitro benzene ring substituents is 2. The minimum atomic E-state index is -1.33. The molecule has 4 amide bonds. The number of carboxylic acid groups (broad SMARTS) is 1. The summed E-state index contributed by atoms with van der Waals surface area (Å²) in [6.07, 6.45) is -1.21. The molecule has 7 atom stereocenters. The van der Waals surface area contributed by atoms with E-state index in [4.69, 9.17) is 4.74 Å². The molecule has 0 aromatic heterocycles. The van der Waals surface area contributed by atoms with Gasteiger partial charge in [0.2, 0.25) is 5.91 Å². The number of hydrogen-bond donors (Lipinski definition) is 3. The summed E-state index contributed by atoms with van der Waals surface area (Å²) in [7, 11) is 0. The Labute approximate surface area is 301 Å². The van der Waals surface area contributed by atoms with Gasteiger partial charge in [-0.05, 0) is 49.9 Å². The fourth-order valence-corrected chi connectivity index (χ4v) is 9.44. The molecule has 0 bridgehead atoms. The molecular formula is C34H38N6O11S. The lowest BCUT2D eigenvalue weighted by molar-refractivity contribution is -0.385. The summed E-state index contributed by atoms with van der Waals surface area (Å²) in [5, 5.41) is 45.9. The molecule has 2 aromatic carbocycles. The van der Waals surface area contributed by atoms with E-state index in [0.29, 0.717) is 29.0 Å². The SMILES string of the molecule is C[C@H]1CN(C[C@@H]2C[C@H](SC3=C(C(=O)O)N4C(=O)[C@H]([C@@H](C)O)[C@H]4[C@@]3(C)Cc3ccc([N+](=O)[O-])cc3)CN2C(=O)OCc2ccc([N+](=O)[O-])cc2)C(=O)N1. The fraction of sp³-hybridized carbons (Fsp3) is 0.471. The Kier molecular flexibility index (Phi) is 9.89. The van der Waals surface area contributed by atoms with Crippen LogP contribution in [0.1, 0.15) is 38.3 Å². The third-order valence-electron chi connectivity index (χ3n) is 10.2. The van der Waals surface area contributed by atoms with Gasteiger partial charge in [0.1, 0.15) is 12.3 Å². The number of nitrogens with one attached hydrogen (secondary N) is 1. The number of carbonyl (C=O) groups is 4. The fourth-order valence-electron chi connectivity index (χ4n) is 7.80. The summed E-state index contributed by atoms with van der Waals surface area (Å²) in [4.78, 5) is 78.6. The van der Waals surface area contributed by atoms with E-state index in [0.717, 1.165) is 0 Å². The number of ether oxygens (including phenoxy) is 1. The molecule has 2 aromatic rings. The van der Waals surface area contributed by atoms with Crippen molar-refractivity contribution in [3.8, 4) is 0 Å². The van der Waals surface area contributed by atoms with E-state index in [-0.39, 0.29) is 55.3 Å². The molecule has 4 aliphatic heterocycles. The number of non-ortho nitro benzene ring substituents is 2. The smallest absolute Gasteiger partial charge is 0.410 e. The van der Waals surface area contributed by atoms with Gasteiger partial charge in [-0.15, -0.1) is 11.8 Å². The van der Waals surface area contributed by atoms with Gasteiger partial charge in [-0.2, -0.15) is 0 Å². The normalized spacial score (nSPS) is 27.3. The molecule has 52 heavy (non-hydrogen) atoms. The molecule has 3 saturated heterocycles. The number of urea groups is 1. The van der Waals surface area contributed by atoms with E-state index in [1.54, 1.807) is 17.0 Å². The summed E-state index contributed by atoms with van der Waals surface area (Å²) >= 11 is 1.23. The zero-order chi connectivity index (χ0) is 37.6. The highest BCUT2D eigenvalue weighted by atomic mass is 32.2. The molecule has 0 saturated carbocycles. The number of nitro groups is 2. The minimum Gasteiger partial charge on any atom is -0.477 e. The highest BCUT2D eigenvalue weighted by Gasteiger charge is 2.66. The molecule has 0 spiro atoms. The number of fused-ring (bicyclic) bond motifs is 1. The maximum Gasteiger partial charge on any atom is 0.410 e. The molecule has 17 nitrogen and oxygen atoms in total. The standard InChI is InChI=1S/C34H38N6O11S/c1-18-14-36(32(45)35-18)15-24-12-25(16-37(24)33(46)51-17-21-6-10-23(11-7-21)40(49)50)52-29-27(31(43)44)38-28(26(19(2)41)30(38)42)34(29,3)13-20-4-8-22(9-5-20)39(47)48/h4-11,18-19,24-26,28,41H,12-17H2,1-3H3,(H,35,45)(H,43,44)/t18-,19+,24-,25-,26+,28-,34+/m0/s1. The maximum absolute atomic E-state index is 13.6. The second kappa shape index (κ2) is 14.1. The number of amides is 4. The zero-order valence-electron chi connectivity index (χ0n) is 28.5. The number of likely N-dealkylation sites (tertiary alicyclic amines) is 1. The van der Waals surface area contributed by atoms with Crippen LogP contribution >= 0.6 is 11.8 Å². The molecule has 4 aliphatic rings. The van der Waals surface area contributed by atoms with Crippen LogP contribution in [0.25, 0.3) is 0 Å². The number of benzene rings is 2. The number of aliphatic hydroxyl groups is 1. The Morgan fingerprint density at radius 3 is 2.15 bits per heavy atom. The van der Waals surface area contributed by atoms with Crippen molar-refractivity contribution in [2.24, 2.45) is 11.3 Å². The molecule has 276 valence electrons. The summed E-state index contributed by atoms with van der Waals surface area (Å²) < 4.78 is 5.63. The number of nitrogens with zero attached hydrogens (tertiary/aromatic N) is 5. The predicted octanol–water partition coefficient (Wildman–Crippen LogP) is 3.50. The lowest BCUT2D eigenvalue weighted by Gasteiger charge is -2.51. The highest BCUT2D eigenvalue weighted by molar-refractivity contribution is 8.03. The van der Waals surface area contributed by atoms with Crippen LogP contribution in [0.5, 0.6) is 0 Å². The molecule has 3 fully saturated rings. The number of rotatable bonds is 12. The lowest BCUT2D eigenvalue weighted by atomic mass is 9.67. The van der Waals surface area contributed by atoms with E-state index in [2.05, 4.69) is 5.32 Å². The largest absolute Gasteiger partial charge is 0.477 e. The number of hydrogen-bond acceptors (Lipinski definition) is 11. The van der Waals surface area contributed by atoms with E-state index in [9.17, 15) is 49.6 Å². The first-order valence-electron chi connectivity index (χ1n) is 16.7. The Bertz CT molecular complexity index is 1840. The number of β-lactam (4-membered cyclic amide) rings is 1. The van der Waals surface area contributed by atoms with Crippen molar-refractivity contribution in [2.45, 2.75) is 69.7 Å². The van der Waals surface area contributed by atoms with Crippen molar-refractivity contribution >= 4 is 47.1 Å². The molecular weight excluding hydrogens is 700 g/mol. The van der Waals surface area contributed by atoms with Gasteiger partial charge in [-0.1, -0.05) is 19.1 Å². The van der Waals surface area contributed by atoms with Crippen molar-refractivity contribution in [1.82, 2.24) is 20.0 Å². The van der Waals surface area contributed by atoms with Crippen molar-refractivity contribution in [3.63, 3.8) is 0 Å². The number of aliphatic carboxylic acids is 1. The second-order valence-electron chi connectivity index (χ2n) is 13.9. The van der Waals surface area contributed by atoms with E-state index < -0.39 is 62.6 Å². The van der Waals surface area contributed by atoms with Crippen molar-refractivity contribution in [1.29, 1.82) is 0 Å². The van der Waals surface area contributed by atoms with Gasteiger partial charge in [-0.25, -0.2) is 14.4 Å². The van der Waals surface area contributed by atoms with Gasteiger partial charge in [0, 0.05) is 65.5 Å². The van der Waals surface area contributed by atoms with Crippen LogP contribution in [-0.2, 0) is 27.4 Å². The topological polar surface area (TPSA) is 226 Å². The van der Waals surface area contributed by atoms with E-state index >= 15 is 0 Å². The molecule has 0 unspecified atom stereocenters. The molecule has 6 rings (SSSR count). The summed E-state index contributed by atoms with van der Waals surface area (Å²) in [5.41, 5.74) is -0.270. The van der Waals surface area contributed by atoms with Crippen molar-refractivity contribution in [3.05, 3.63) is 90.5 Å². The molecule has 18 heteroatoms. The summed E-state index contributed by atoms with van der Waals surface area (Å²) in [6.45, 7) is 5.71. The minimum absolute atomic E-state index is 0.104. The maximum atomic E-state index is 13.6. The number of carboxylic acids is 1. The van der Waals surface area contributed by atoms with Crippen LogP contribution in [0.2, 0.25) is 0 Å². The average molecular weight is 739 g/mol. The molecule has 4 heterocycles. The van der Waals surface area contributed by atoms with Gasteiger partial charge in [0.05, 0.1) is 34.0 Å². The number of thioether (sulfide) groups is 1. The number of carbonyl (C=O) groups excluding carboxylic acids is 3. The summed E-state index contributed by atoms with van der Waals surface area (Å²) in [5.74, 6) is -2.72.